The number of esters is 1. The van der Waals surface area contributed by atoms with E-state index in [1.807, 2.05) is 0 Å². The molecule has 0 saturated carbocycles. The minimum atomic E-state index is -2.01. The second-order valence-electron chi connectivity index (χ2n) is 6.75. The number of nitrogens with zero attached hydrogens (tertiary/aromatic N) is 1. The summed E-state index contributed by atoms with van der Waals surface area (Å²) in [6.07, 6.45) is 1.03. The van der Waals surface area contributed by atoms with E-state index in [0.717, 1.165) is 18.2 Å². The van der Waals surface area contributed by atoms with E-state index in [2.05, 4.69) is 4.98 Å². The molecule has 0 amide bonds. The Labute approximate surface area is 182 Å². The number of Topliss-reactive ketones (excluding diaryl/α,β-unsaturated/α-hetero) is 1. The third-order valence-corrected chi connectivity index (χ3v) is 5.12. The number of rotatable bonds is 8. The Morgan fingerprint density at radius 1 is 1.19 bits per heavy atom. The van der Waals surface area contributed by atoms with E-state index in [0.29, 0.717) is 5.02 Å². The number of aromatic amines is 1. The van der Waals surface area contributed by atoms with Gasteiger partial charge in [-0.1, -0.05) is 11.6 Å². The molecule has 1 unspecified atom stereocenters. The van der Waals surface area contributed by atoms with Crippen molar-refractivity contribution in [2.75, 3.05) is 6.61 Å². The van der Waals surface area contributed by atoms with Crippen LogP contribution in [-0.4, -0.2) is 28.3 Å². The maximum absolute atomic E-state index is 14.0. The van der Waals surface area contributed by atoms with Crippen LogP contribution in [0.3, 0.4) is 0 Å². The first-order valence-corrected chi connectivity index (χ1v) is 9.71. The lowest BCUT2D eigenvalue weighted by Gasteiger charge is -2.29. The van der Waals surface area contributed by atoms with Crippen LogP contribution in [0.25, 0.3) is 0 Å². The Hall–Kier alpha value is -3.52. The standard InChI is InChI=1S/C22H18ClFN2O5/c1-2-31-21(28)22(19-4-3-11-25-19,20(27)14-5-7-16(23)8-6-14)13-15-12-17(24)9-10-18(15)26(29)30/h3-12,25H,2,13H2,1H3. The summed E-state index contributed by atoms with van der Waals surface area (Å²) in [7, 11) is 0. The van der Waals surface area contributed by atoms with Gasteiger partial charge in [0.25, 0.3) is 5.69 Å². The number of aromatic nitrogens is 1. The lowest BCUT2D eigenvalue weighted by Crippen LogP contribution is -2.47. The van der Waals surface area contributed by atoms with E-state index in [4.69, 9.17) is 16.3 Å². The molecule has 1 atom stereocenters. The number of nitrogens with one attached hydrogen (secondary N) is 1. The predicted molar refractivity (Wildman–Crippen MR) is 112 cm³/mol. The highest BCUT2D eigenvalue weighted by Crippen LogP contribution is 2.36. The lowest BCUT2D eigenvalue weighted by molar-refractivity contribution is -0.385. The van der Waals surface area contributed by atoms with Crippen LogP contribution in [-0.2, 0) is 21.4 Å². The van der Waals surface area contributed by atoms with Crippen LogP contribution in [0, 0.1) is 15.9 Å². The highest BCUT2D eigenvalue weighted by atomic mass is 35.5. The number of benzene rings is 2. The number of hydrogen-bond acceptors (Lipinski definition) is 5. The Balaban J connectivity index is 2.26. The number of nitro benzene ring substituents is 1. The Kier molecular flexibility index (Phi) is 6.50. The number of ketones is 1. The summed E-state index contributed by atoms with van der Waals surface area (Å²) in [6, 6.07) is 11.9. The fourth-order valence-electron chi connectivity index (χ4n) is 3.43. The fourth-order valence-corrected chi connectivity index (χ4v) is 3.56. The molecule has 160 valence electrons. The molecular formula is C22H18ClFN2O5. The zero-order valence-corrected chi connectivity index (χ0v) is 17.2. The minimum Gasteiger partial charge on any atom is -0.465 e. The van der Waals surface area contributed by atoms with Crippen LogP contribution >= 0.6 is 11.6 Å². The van der Waals surface area contributed by atoms with E-state index in [1.54, 1.807) is 13.0 Å². The molecule has 1 N–H and O–H groups in total. The van der Waals surface area contributed by atoms with Crippen LogP contribution in [0.5, 0.6) is 0 Å². The number of carbonyl (C=O) groups is 2. The molecule has 3 aromatic rings. The summed E-state index contributed by atoms with van der Waals surface area (Å²) in [5.74, 6) is -2.30. The molecule has 9 heteroatoms. The number of hydrogen-bond donors (Lipinski definition) is 1. The Morgan fingerprint density at radius 2 is 1.90 bits per heavy atom. The van der Waals surface area contributed by atoms with Crippen molar-refractivity contribution in [3.8, 4) is 0 Å². The van der Waals surface area contributed by atoms with Crippen molar-refractivity contribution < 1.29 is 23.6 Å². The van der Waals surface area contributed by atoms with Gasteiger partial charge in [0, 0.05) is 40.5 Å². The SMILES string of the molecule is CCOC(=O)C(Cc1cc(F)ccc1[N+](=O)[O-])(C(=O)c1ccc(Cl)cc1)c1ccc[nH]1. The predicted octanol–water partition coefficient (Wildman–Crippen LogP) is 4.64. The van der Waals surface area contributed by atoms with Gasteiger partial charge in [-0.15, -0.1) is 0 Å². The van der Waals surface area contributed by atoms with Crippen molar-refractivity contribution in [1.82, 2.24) is 4.98 Å². The third kappa shape index (κ3) is 4.34. The molecule has 7 nitrogen and oxygen atoms in total. The number of ether oxygens (including phenoxy) is 1. The van der Waals surface area contributed by atoms with E-state index < -0.39 is 40.0 Å². The fraction of sp³-hybridized carbons (Fsp3) is 0.182. The topological polar surface area (TPSA) is 102 Å². The van der Waals surface area contributed by atoms with Gasteiger partial charge < -0.3 is 9.72 Å². The van der Waals surface area contributed by atoms with Crippen molar-refractivity contribution in [2.45, 2.75) is 18.8 Å². The number of carbonyl (C=O) groups excluding carboxylic acids is 2. The van der Waals surface area contributed by atoms with Gasteiger partial charge >= 0.3 is 5.97 Å². The molecule has 31 heavy (non-hydrogen) atoms. The molecule has 1 heterocycles. The van der Waals surface area contributed by atoms with Crippen LogP contribution in [0.4, 0.5) is 10.1 Å². The molecule has 2 aromatic carbocycles. The van der Waals surface area contributed by atoms with E-state index in [9.17, 15) is 24.1 Å². The highest BCUT2D eigenvalue weighted by molar-refractivity contribution is 6.30. The van der Waals surface area contributed by atoms with E-state index in [1.165, 1.54) is 36.5 Å². The van der Waals surface area contributed by atoms with Crippen molar-refractivity contribution >= 4 is 29.0 Å². The molecule has 1 aromatic heterocycles. The summed E-state index contributed by atoms with van der Waals surface area (Å²) in [6.45, 7) is 1.55. The van der Waals surface area contributed by atoms with Crippen molar-refractivity contribution in [1.29, 1.82) is 0 Å². The van der Waals surface area contributed by atoms with Gasteiger partial charge in [0.15, 0.2) is 11.2 Å². The molecule has 0 aliphatic carbocycles. The van der Waals surface area contributed by atoms with Gasteiger partial charge in [-0.05, 0) is 55.5 Å². The molecule has 0 bridgehead atoms. The first kappa shape index (κ1) is 22.2. The van der Waals surface area contributed by atoms with Crippen molar-refractivity contribution in [2.24, 2.45) is 0 Å². The van der Waals surface area contributed by atoms with Gasteiger partial charge in [0.05, 0.1) is 11.5 Å². The van der Waals surface area contributed by atoms with Crippen LogP contribution in [0.1, 0.15) is 28.5 Å². The smallest absolute Gasteiger partial charge is 0.326 e. The zero-order valence-electron chi connectivity index (χ0n) is 16.4. The quantitative estimate of drug-likeness (QED) is 0.179. The maximum atomic E-state index is 14.0. The van der Waals surface area contributed by atoms with Gasteiger partial charge in [0.2, 0.25) is 0 Å². The lowest BCUT2D eigenvalue weighted by atomic mass is 9.72. The molecule has 0 spiro atoms. The Bertz CT molecular complexity index is 1120. The molecular weight excluding hydrogens is 427 g/mol. The molecule has 3 rings (SSSR count). The normalized spacial score (nSPS) is 12.7. The summed E-state index contributed by atoms with van der Waals surface area (Å²) in [5.41, 5.74) is -2.22. The largest absolute Gasteiger partial charge is 0.465 e. The number of halogens is 2. The number of nitro groups is 1. The second-order valence-corrected chi connectivity index (χ2v) is 7.19. The molecule has 0 radical (unpaired) electrons. The van der Waals surface area contributed by atoms with Gasteiger partial charge in [0.1, 0.15) is 5.82 Å². The van der Waals surface area contributed by atoms with Crippen LogP contribution in [0.2, 0.25) is 5.02 Å². The highest BCUT2D eigenvalue weighted by Gasteiger charge is 2.51. The summed E-state index contributed by atoms with van der Waals surface area (Å²) < 4.78 is 19.2. The first-order valence-electron chi connectivity index (χ1n) is 9.34. The molecule has 0 aliphatic heterocycles. The number of H-pyrrole nitrogens is 1. The van der Waals surface area contributed by atoms with Crippen molar-refractivity contribution in [3.05, 3.63) is 98.6 Å². The second kappa shape index (κ2) is 9.09. The van der Waals surface area contributed by atoms with Gasteiger partial charge in [-0.3, -0.25) is 19.7 Å². The first-order chi connectivity index (χ1) is 14.8. The van der Waals surface area contributed by atoms with E-state index in [-0.39, 0.29) is 23.4 Å². The molecule has 0 saturated heterocycles. The minimum absolute atomic E-state index is 0.0273. The average Bonchev–Trinajstić information content (AvgIpc) is 3.27. The zero-order chi connectivity index (χ0) is 22.6. The van der Waals surface area contributed by atoms with Gasteiger partial charge in [-0.2, -0.15) is 0 Å². The molecule has 0 aliphatic rings. The average molecular weight is 445 g/mol. The maximum Gasteiger partial charge on any atom is 0.326 e. The Morgan fingerprint density at radius 3 is 2.48 bits per heavy atom. The van der Waals surface area contributed by atoms with Crippen molar-refractivity contribution in [3.63, 3.8) is 0 Å². The van der Waals surface area contributed by atoms with Crippen LogP contribution < -0.4 is 0 Å². The van der Waals surface area contributed by atoms with Gasteiger partial charge in [-0.25, -0.2) is 4.39 Å². The monoisotopic (exact) mass is 444 g/mol. The van der Waals surface area contributed by atoms with E-state index >= 15 is 0 Å². The third-order valence-electron chi connectivity index (χ3n) is 4.87. The van der Waals surface area contributed by atoms with Crippen LogP contribution in [0.15, 0.2) is 60.8 Å². The molecule has 0 fully saturated rings. The summed E-state index contributed by atoms with van der Waals surface area (Å²) >= 11 is 5.92. The summed E-state index contributed by atoms with van der Waals surface area (Å²) in [5, 5.41) is 11.9. The summed E-state index contributed by atoms with van der Waals surface area (Å²) in [4.78, 5) is 40.7.